The van der Waals surface area contributed by atoms with Gasteiger partial charge in [0.1, 0.15) is 5.82 Å². The van der Waals surface area contributed by atoms with Crippen LogP contribution in [-0.4, -0.2) is 40.1 Å². The number of hydrogen-bond donors (Lipinski definition) is 1. The van der Waals surface area contributed by atoms with Crippen molar-refractivity contribution in [1.29, 1.82) is 0 Å². The van der Waals surface area contributed by atoms with Crippen molar-refractivity contribution in [2.24, 2.45) is 0 Å². The molecule has 17 heavy (non-hydrogen) atoms. The van der Waals surface area contributed by atoms with Gasteiger partial charge in [0.2, 0.25) is 0 Å². The molecule has 1 fully saturated rings. The number of imidazole rings is 1. The predicted octanol–water partition coefficient (Wildman–Crippen LogP) is 1.23. The molecule has 4 heteroatoms. The molecule has 0 radical (unpaired) electrons. The Morgan fingerprint density at radius 2 is 2.29 bits per heavy atom. The summed E-state index contributed by atoms with van der Waals surface area (Å²) < 4.78 is 2.29. The lowest BCUT2D eigenvalue weighted by molar-refractivity contribution is 0.110. The molecule has 1 aromatic rings. The zero-order valence-electron chi connectivity index (χ0n) is 10.6. The van der Waals surface area contributed by atoms with Gasteiger partial charge in [-0.1, -0.05) is 6.42 Å². The highest BCUT2D eigenvalue weighted by Gasteiger charge is 2.28. The van der Waals surface area contributed by atoms with Crippen LogP contribution in [0.2, 0.25) is 0 Å². The lowest BCUT2D eigenvalue weighted by Crippen LogP contribution is -2.46. The smallest absolute Gasteiger partial charge is 0.122 e. The van der Waals surface area contributed by atoms with E-state index in [0.717, 1.165) is 25.2 Å². The standard InChI is InChI=1S/C13H22N4/c1-14-11-3-2-4-12(9-11)17-8-7-16-6-5-15-13(16)10-17/h5-6,11-12,14H,2-4,7-10H2,1H3. The quantitative estimate of drug-likeness (QED) is 0.835. The van der Waals surface area contributed by atoms with Gasteiger partial charge in [0.05, 0.1) is 6.54 Å². The minimum Gasteiger partial charge on any atom is -0.333 e. The lowest BCUT2D eigenvalue weighted by Gasteiger charge is -2.39. The summed E-state index contributed by atoms with van der Waals surface area (Å²) in [6.45, 7) is 3.33. The zero-order valence-corrected chi connectivity index (χ0v) is 10.6. The fourth-order valence-electron chi connectivity index (χ4n) is 3.26. The van der Waals surface area contributed by atoms with E-state index < -0.39 is 0 Å². The summed E-state index contributed by atoms with van der Waals surface area (Å²) in [6, 6.07) is 1.47. The van der Waals surface area contributed by atoms with Crippen LogP contribution in [0, 0.1) is 0 Å². The maximum atomic E-state index is 4.45. The summed E-state index contributed by atoms with van der Waals surface area (Å²) in [4.78, 5) is 7.08. The van der Waals surface area contributed by atoms with Crippen LogP contribution in [0.3, 0.4) is 0 Å². The van der Waals surface area contributed by atoms with Gasteiger partial charge in [0.25, 0.3) is 0 Å². The molecule has 2 aliphatic rings. The summed E-state index contributed by atoms with van der Waals surface area (Å²) >= 11 is 0. The Labute approximate surface area is 103 Å². The molecule has 0 saturated heterocycles. The molecular formula is C13H22N4. The van der Waals surface area contributed by atoms with Crippen LogP contribution < -0.4 is 5.32 Å². The van der Waals surface area contributed by atoms with Crippen LogP contribution in [0.1, 0.15) is 31.5 Å². The number of nitrogens with one attached hydrogen (secondary N) is 1. The molecule has 0 aromatic carbocycles. The van der Waals surface area contributed by atoms with E-state index in [4.69, 9.17) is 0 Å². The van der Waals surface area contributed by atoms with Crippen LogP contribution >= 0.6 is 0 Å². The van der Waals surface area contributed by atoms with E-state index in [9.17, 15) is 0 Å². The van der Waals surface area contributed by atoms with Gasteiger partial charge in [0.15, 0.2) is 0 Å². The Balaban J connectivity index is 1.66. The van der Waals surface area contributed by atoms with E-state index >= 15 is 0 Å². The number of hydrogen-bond acceptors (Lipinski definition) is 3. The van der Waals surface area contributed by atoms with Crippen molar-refractivity contribution < 1.29 is 0 Å². The molecule has 4 nitrogen and oxygen atoms in total. The number of aromatic nitrogens is 2. The fraction of sp³-hybridized carbons (Fsp3) is 0.769. The number of fused-ring (bicyclic) bond motifs is 1. The molecule has 1 aliphatic carbocycles. The monoisotopic (exact) mass is 234 g/mol. The molecule has 1 aliphatic heterocycles. The Morgan fingerprint density at radius 1 is 1.35 bits per heavy atom. The van der Waals surface area contributed by atoms with Crippen LogP contribution in [0.4, 0.5) is 0 Å². The first-order valence-electron chi connectivity index (χ1n) is 6.78. The number of rotatable bonds is 2. The first-order chi connectivity index (χ1) is 8.36. The van der Waals surface area contributed by atoms with E-state index in [1.807, 2.05) is 6.20 Å². The summed E-state index contributed by atoms with van der Waals surface area (Å²) in [5.74, 6) is 1.24. The van der Waals surface area contributed by atoms with Crippen LogP contribution in [0.25, 0.3) is 0 Å². The summed E-state index contributed by atoms with van der Waals surface area (Å²) in [6.07, 6.45) is 9.40. The second-order valence-electron chi connectivity index (χ2n) is 5.31. The van der Waals surface area contributed by atoms with E-state index in [0.29, 0.717) is 0 Å². The van der Waals surface area contributed by atoms with Gasteiger partial charge >= 0.3 is 0 Å². The van der Waals surface area contributed by atoms with Crippen LogP contribution in [-0.2, 0) is 13.1 Å². The summed E-state index contributed by atoms with van der Waals surface area (Å²) in [5.41, 5.74) is 0. The largest absolute Gasteiger partial charge is 0.333 e. The van der Waals surface area contributed by atoms with Gasteiger partial charge in [-0.3, -0.25) is 4.90 Å². The second kappa shape index (κ2) is 4.78. The van der Waals surface area contributed by atoms with Crippen molar-refractivity contribution in [3.05, 3.63) is 18.2 Å². The van der Waals surface area contributed by atoms with Crippen LogP contribution in [0.15, 0.2) is 12.4 Å². The molecule has 2 heterocycles. The van der Waals surface area contributed by atoms with Crippen molar-refractivity contribution >= 4 is 0 Å². The highest BCUT2D eigenvalue weighted by Crippen LogP contribution is 2.25. The Hall–Kier alpha value is -0.870. The van der Waals surface area contributed by atoms with Crippen molar-refractivity contribution in [3.8, 4) is 0 Å². The van der Waals surface area contributed by atoms with Crippen molar-refractivity contribution in [3.63, 3.8) is 0 Å². The molecule has 0 amide bonds. The highest BCUT2D eigenvalue weighted by molar-refractivity contribution is 4.97. The summed E-state index contributed by atoms with van der Waals surface area (Å²) in [5, 5.41) is 3.44. The molecule has 94 valence electrons. The third kappa shape index (κ3) is 2.24. The van der Waals surface area contributed by atoms with Gasteiger partial charge in [0, 0.05) is 37.6 Å². The Morgan fingerprint density at radius 3 is 3.18 bits per heavy atom. The van der Waals surface area contributed by atoms with E-state index in [2.05, 4.69) is 33.0 Å². The van der Waals surface area contributed by atoms with Crippen molar-refractivity contribution in [1.82, 2.24) is 19.8 Å². The van der Waals surface area contributed by atoms with Gasteiger partial charge in [-0.25, -0.2) is 4.98 Å². The minimum atomic E-state index is 0.718. The normalized spacial score (nSPS) is 30.2. The second-order valence-corrected chi connectivity index (χ2v) is 5.31. The van der Waals surface area contributed by atoms with E-state index in [1.54, 1.807) is 0 Å². The molecule has 3 rings (SSSR count). The zero-order chi connectivity index (χ0) is 11.7. The maximum Gasteiger partial charge on any atom is 0.122 e. The minimum absolute atomic E-state index is 0.718. The molecule has 1 saturated carbocycles. The predicted molar refractivity (Wildman–Crippen MR) is 67.7 cm³/mol. The van der Waals surface area contributed by atoms with Gasteiger partial charge < -0.3 is 9.88 Å². The van der Waals surface area contributed by atoms with Gasteiger partial charge in [-0.05, 0) is 26.3 Å². The first kappa shape index (κ1) is 11.2. The highest BCUT2D eigenvalue weighted by atomic mass is 15.3. The molecule has 2 unspecified atom stereocenters. The third-order valence-electron chi connectivity index (χ3n) is 4.35. The van der Waals surface area contributed by atoms with Crippen LogP contribution in [0.5, 0.6) is 0 Å². The molecule has 0 bridgehead atoms. The summed E-state index contributed by atoms with van der Waals surface area (Å²) in [7, 11) is 2.09. The Bertz CT molecular complexity index is 373. The molecule has 2 atom stereocenters. The average molecular weight is 234 g/mol. The Kier molecular flexibility index (Phi) is 3.16. The van der Waals surface area contributed by atoms with E-state index in [-0.39, 0.29) is 0 Å². The van der Waals surface area contributed by atoms with Gasteiger partial charge in [-0.15, -0.1) is 0 Å². The average Bonchev–Trinajstić information content (AvgIpc) is 2.86. The third-order valence-corrected chi connectivity index (χ3v) is 4.35. The van der Waals surface area contributed by atoms with Crippen molar-refractivity contribution in [2.45, 2.75) is 50.9 Å². The maximum absolute atomic E-state index is 4.45. The topological polar surface area (TPSA) is 33.1 Å². The molecular weight excluding hydrogens is 212 g/mol. The SMILES string of the molecule is CNC1CCCC(N2CCn3ccnc3C2)C1. The lowest BCUT2D eigenvalue weighted by atomic mass is 9.90. The number of nitrogens with zero attached hydrogens (tertiary/aromatic N) is 3. The fourth-order valence-corrected chi connectivity index (χ4v) is 3.26. The first-order valence-corrected chi connectivity index (χ1v) is 6.78. The molecule has 1 aromatic heterocycles. The van der Waals surface area contributed by atoms with Gasteiger partial charge in [-0.2, -0.15) is 0 Å². The van der Waals surface area contributed by atoms with Crippen molar-refractivity contribution in [2.75, 3.05) is 13.6 Å². The molecule has 0 spiro atoms. The molecule has 1 N–H and O–H groups in total. The van der Waals surface area contributed by atoms with E-state index in [1.165, 1.54) is 38.1 Å².